The van der Waals surface area contributed by atoms with Crippen LogP contribution in [0, 0.1) is 11.3 Å². The molecule has 0 amide bonds. The number of nitrogens with zero attached hydrogens (tertiary/aromatic N) is 1. The predicted molar refractivity (Wildman–Crippen MR) is 54.2 cm³/mol. The standard InChI is InChI=1S/C8H12N2O4.H4N2/c9-5-8(10,1-3-13-6-11)2-4-14-7-12;1-2/h6-7H,1-4,10H2;1-2H2. The first-order valence-electron chi connectivity index (χ1n) is 4.32. The molecule has 0 rings (SSSR count). The van der Waals surface area contributed by atoms with E-state index in [0.29, 0.717) is 12.9 Å². The number of carbonyl (C=O) groups excluding carboxylic acids is 2. The third-order valence-electron chi connectivity index (χ3n) is 1.69. The number of rotatable bonds is 8. The Bertz CT molecular complexity index is 215. The molecule has 0 bridgehead atoms. The number of carbonyl (C=O) groups is 2. The Hall–Kier alpha value is -1.69. The number of nitrogens with two attached hydrogens (primary N) is 3. The lowest BCUT2D eigenvalue weighted by molar-refractivity contribution is -0.129. The third kappa shape index (κ3) is 8.89. The monoisotopic (exact) mass is 232 g/mol. The van der Waals surface area contributed by atoms with Gasteiger partial charge in [-0.1, -0.05) is 0 Å². The van der Waals surface area contributed by atoms with E-state index < -0.39 is 5.54 Å². The van der Waals surface area contributed by atoms with Crippen LogP contribution in [-0.2, 0) is 19.1 Å². The predicted octanol–water partition coefficient (Wildman–Crippen LogP) is -1.85. The summed E-state index contributed by atoms with van der Waals surface area (Å²) in [5.74, 6) is 8.00. The lowest BCUT2D eigenvalue weighted by Crippen LogP contribution is -2.40. The zero-order valence-corrected chi connectivity index (χ0v) is 8.80. The minimum Gasteiger partial charge on any atom is -0.468 e. The van der Waals surface area contributed by atoms with Crippen molar-refractivity contribution in [3.8, 4) is 6.07 Å². The van der Waals surface area contributed by atoms with Crippen molar-refractivity contribution in [2.75, 3.05) is 13.2 Å². The summed E-state index contributed by atoms with van der Waals surface area (Å²) in [5, 5.41) is 8.72. The van der Waals surface area contributed by atoms with Crippen molar-refractivity contribution in [3.63, 3.8) is 0 Å². The van der Waals surface area contributed by atoms with Crippen LogP contribution in [0.15, 0.2) is 0 Å². The Kier molecular flexibility index (Phi) is 11.9. The van der Waals surface area contributed by atoms with Gasteiger partial charge in [0.2, 0.25) is 0 Å². The molecule has 0 unspecified atom stereocenters. The molecular weight excluding hydrogens is 216 g/mol. The Morgan fingerprint density at radius 3 is 1.75 bits per heavy atom. The van der Waals surface area contributed by atoms with Gasteiger partial charge in [0, 0.05) is 12.8 Å². The smallest absolute Gasteiger partial charge is 0.293 e. The first kappa shape index (κ1) is 16.7. The van der Waals surface area contributed by atoms with Crippen LogP contribution in [0.25, 0.3) is 0 Å². The largest absolute Gasteiger partial charge is 0.468 e. The number of ether oxygens (including phenoxy) is 2. The SMILES string of the molecule is N#CC(N)(CCOC=O)CCOC=O.NN. The van der Waals surface area contributed by atoms with Gasteiger partial charge in [-0.15, -0.1) is 0 Å². The molecule has 92 valence electrons. The van der Waals surface area contributed by atoms with Crippen molar-refractivity contribution < 1.29 is 19.1 Å². The molecule has 0 heterocycles. The highest BCUT2D eigenvalue weighted by Gasteiger charge is 2.24. The van der Waals surface area contributed by atoms with Crippen molar-refractivity contribution in [1.29, 1.82) is 5.26 Å². The molecule has 8 heteroatoms. The summed E-state index contributed by atoms with van der Waals surface area (Å²) in [6.45, 7) is 0.739. The second-order valence-corrected chi connectivity index (χ2v) is 2.70. The van der Waals surface area contributed by atoms with Gasteiger partial charge >= 0.3 is 0 Å². The molecule has 0 radical (unpaired) electrons. The van der Waals surface area contributed by atoms with Crippen LogP contribution in [0.4, 0.5) is 0 Å². The van der Waals surface area contributed by atoms with E-state index in [9.17, 15) is 9.59 Å². The molecule has 0 saturated heterocycles. The molecule has 0 aliphatic carbocycles. The molecule has 0 spiro atoms. The Morgan fingerprint density at radius 2 is 1.50 bits per heavy atom. The highest BCUT2D eigenvalue weighted by molar-refractivity contribution is 5.37. The summed E-state index contributed by atoms with van der Waals surface area (Å²) >= 11 is 0. The van der Waals surface area contributed by atoms with E-state index in [2.05, 4.69) is 21.2 Å². The van der Waals surface area contributed by atoms with Gasteiger partial charge in [-0.05, 0) is 0 Å². The highest BCUT2D eigenvalue weighted by atomic mass is 16.5. The van der Waals surface area contributed by atoms with Gasteiger partial charge in [-0.2, -0.15) is 5.26 Å². The van der Waals surface area contributed by atoms with Gasteiger partial charge in [-0.25, -0.2) is 0 Å². The molecule has 0 fully saturated rings. The van der Waals surface area contributed by atoms with E-state index in [1.54, 1.807) is 0 Å². The molecule has 0 aromatic heterocycles. The van der Waals surface area contributed by atoms with Crippen molar-refractivity contribution in [1.82, 2.24) is 0 Å². The number of hydrogen-bond donors (Lipinski definition) is 3. The maximum absolute atomic E-state index is 9.82. The Labute approximate surface area is 93.2 Å². The lowest BCUT2D eigenvalue weighted by atomic mass is 9.95. The maximum atomic E-state index is 9.82. The van der Waals surface area contributed by atoms with Gasteiger partial charge in [0.25, 0.3) is 12.9 Å². The first-order valence-corrected chi connectivity index (χ1v) is 4.32. The molecule has 0 aliphatic rings. The third-order valence-corrected chi connectivity index (χ3v) is 1.69. The average molecular weight is 232 g/mol. The minimum absolute atomic E-state index is 0.0780. The summed E-state index contributed by atoms with van der Waals surface area (Å²) in [7, 11) is 0. The molecule has 8 nitrogen and oxygen atoms in total. The molecule has 6 N–H and O–H groups in total. The van der Waals surface area contributed by atoms with E-state index >= 15 is 0 Å². The van der Waals surface area contributed by atoms with Crippen LogP contribution in [0.5, 0.6) is 0 Å². The zero-order chi connectivity index (χ0) is 12.9. The Morgan fingerprint density at radius 1 is 1.12 bits per heavy atom. The van der Waals surface area contributed by atoms with Gasteiger partial charge in [0.15, 0.2) is 0 Å². The van der Waals surface area contributed by atoms with E-state index in [0.717, 1.165) is 0 Å². The normalized spacial score (nSPS) is 9.12. The van der Waals surface area contributed by atoms with Crippen LogP contribution >= 0.6 is 0 Å². The van der Waals surface area contributed by atoms with Crippen molar-refractivity contribution >= 4 is 12.9 Å². The molecule has 0 aromatic rings. The fourth-order valence-corrected chi connectivity index (χ4v) is 0.815. The van der Waals surface area contributed by atoms with E-state index in [-0.39, 0.29) is 26.1 Å². The number of hydrogen-bond acceptors (Lipinski definition) is 8. The van der Waals surface area contributed by atoms with Crippen molar-refractivity contribution in [3.05, 3.63) is 0 Å². The molecule has 0 saturated carbocycles. The van der Waals surface area contributed by atoms with E-state index in [4.69, 9.17) is 11.0 Å². The lowest BCUT2D eigenvalue weighted by Gasteiger charge is -2.19. The van der Waals surface area contributed by atoms with Gasteiger partial charge in [-0.3, -0.25) is 21.3 Å². The average Bonchev–Trinajstić information content (AvgIpc) is 2.32. The summed E-state index contributed by atoms with van der Waals surface area (Å²) < 4.78 is 8.83. The summed E-state index contributed by atoms with van der Waals surface area (Å²) in [4.78, 5) is 19.6. The van der Waals surface area contributed by atoms with Crippen LogP contribution in [-0.4, -0.2) is 31.7 Å². The minimum atomic E-state index is -1.12. The second-order valence-electron chi connectivity index (χ2n) is 2.70. The van der Waals surface area contributed by atoms with Crippen LogP contribution in [0.3, 0.4) is 0 Å². The topological polar surface area (TPSA) is 154 Å². The van der Waals surface area contributed by atoms with Crippen molar-refractivity contribution in [2.24, 2.45) is 17.4 Å². The van der Waals surface area contributed by atoms with E-state index in [1.807, 2.05) is 6.07 Å². The second kappa shape index (κ2) is 11.4. The fourth-order valence-electron chi connectivity index (χ4n) is 0.815. The molecule has 0 atom stereocenters. The zero-order valence-electron chi connectivity index (χ0n) is 8.80. The summed E-state index contributed by atoms with van der Waals surface area (Å²) in [6.07, 6.45) is 0.426. The van der Waals surface area contributed by atoms with Gasteiger partial charge < -0.3 is 15.2 Å². The summed E-state index contributed by atoms with van der Waals surface area (Å²) in [5.41, 5.74) is 4.51. The quantitative estimate of drug-likeness (QED) is 0.191. The van der Waals surface area contributed by atoms with Crippen molar-refractivity contribution in [2.45, 2.75) is 18.4 Å². The fraction of sp³-hybridized carbons (Fsp3) is 0.625. The molecule has 16 heavy (non-hydrogen) atoms. The van der Waals surface area contributed by atoms with Crippen LogP contribution in [0.2, 0.25) is 0 Å². The summed E-state index contributed by atoms with van der Waals surface area (Å²) in [6, 6.07) is 1.88. The van der Waals surface area contributed by atoms with Gasteiger partial charge in [0.1, 0.15) is 5.54 Å². The Balaban J connectivity index is 0. The molecular formula is C8H16N4O4. The van der Waals surface area contributed by atoms with Gasteiger partial charge in [0.05, 0.1) is 19.3 Å². The molecule has 0 aromatic carbocycles. The number of nitriles is 1. The van der Waals surface area contributed by atoms with Crippen LogP contribution in [0.1, 0.15) is 12.8 Å². The van der Waals surface area contributed by atoms with Crippen LogP contribution < -0.4 is 17.4 Å². The maximum Gasteiger partial charge on any atom is 0.293 e. The highest BCUT2D eigenvalue weighted by Crippen LogP contribution is 2.10. The molecule has 0 aliphatic heterocycles. The van der Waals surface area contributed by atoms with E-state index in [1.165, 1.54) is 0 Å². The first-order chi connectivity index (χ1) is 7.68. The number of hydrazine groups is 1.